The van der Waals surface area contributed by atoms with Gasteiger partial charge in [-0.05, 0) is 44.2 Å². The minimum absolute atomic E-state index is 0.0745. The fourth-order valence-electron chi connectivity index (χ4n) is 3.02. The SMILES string of the molecule is CC(C)NC(=O)c1ccccc1NC(=O)[C@H]1CN(S(C)(=O)=O)c2cc(Cl)ccc2O1. The molecule has 160 valence electrons. The predicted octanol–water partition coefficient (Wildman–Crippen LogP) is 2.64. The Morgan fingerprint density at radius 3 is 2.57 bits per heavy atom. The van der Waals surface area contributed by atoms with Gasteiger partial charge >= 0.3 is 0 Å². The summed E-state index contributed by atoms with van der Waals surface area (Å²) in [6.45, 7) is 3.44. The maximum absolute atomic E-state index is 12.9. The number of hydrogen-bond acceptors (Lipinski definition) is 5. The van der Waals surface area contributed by atoms with E-state index in [9.17, 15) is 18.0 Å². The van der Waals surface area contributed by atoms with Crippen LogP contribution in [-0.2, 0) is 14.8 Å². The number of rotatable bonds is 5. The molecule has 1 heterocycles. The molecule has 0 spiro atoms. The van der Waals surface area contributed by atoms with E-state index in [-0.39, 0.29) is 29.9 Å². The molecule has 8 nitrogen and oxygen atoms in total. The molecule has 0 aliphatic carbocycles. The van der Waals surface area contributed by atoms with Crippen LogP contribution in [0.25, 0.3) is 0 Å². The fourth-order valence-corrected chi connectivity index (χ4v) is 4.09. The van der Waals surface area contributed by atoms with Crippen molar-refractivity contribution in [2.75, 3.05) is 22.4 Å². The van der Waals surface area contributed by atoms with Crippen LogP contribution in [0.2, 0.25) is 5.02 Å². The number of amides is 2. The van der Waals surface area contributed by atoms with Gasteiger partial charge in [0.15, 0.2) is 6.10 Å². The van der Waals surface area contributed by atoms with Gasteiger partial charge < -0.3 is 15.4 Å². The Morgan fingerprint density at radius 2 is 1.90 bits per heavy atom. The molecule has 0 saturated carbocycles. The van der Waals surface area contributed by atoms with Gasteiger partial charge in [-0.25, -0.2) is 8.42 Å². The number of carbonyl (C=O) groups excluding carboxylic acids is 2. The Balaban J connectivity index is 1.87. The molecule has 0 saturated heterocycles. The molecule has 2 aromatic rings. The van der Waals surface area contributed by atoms with Gasteiger partial charge in [0.2, 0.25) is 10.0 Å². The van der Waals surface area contributed by atoms with Gasteiger partial charge in [-0.15, -0.1) is 0 Å². The van der Waals surface area contributed by atoms with Gasteiger partial charge in [0.1, 0.15) is 5.75 Å². The van der Waals surface area contributed by atoms with Crippen molar-refractivity contribution >= 4 is 44.8 Å². The lowest BCUT2D eigenvalue weighted by Crippen LogP contribution is -2.48. The summed E-state index contributed by atoms with van der Waals surface area (Å²) in [5, 5.41) is 5.80. The molecule has 1 aliphatic heterocycles. The molecular weight excluding hydrogens is 430 g/mol. The topological polar surface area (TPSA) is 105 Å². The summed E-state index contributed by atoms with van der Waals surface area (Å²) < 4.78 is 31.4. The van der Waals surface area contributed by atoms with E-state index in [0.717, 1.165) is 10.6 Å². The second kappa shape index (κ2) is 8.53. The zero-order chi connectivity index (χ0) is 22.1. The minimum atomic E-state index is -3.68. The second-order valence-corrected chi connectivity index (χ2v) is 9.52. The first-order valence-electron chi connectivity index (χ1n) is 9.21. The maximum Gasteiger partial charge on any atom is 0.267 e. The molecule has 0 radical (unpaired) electrons. The van der Waals surface area contributed by atoms with Crippen LogP contribution in [0.3, 0.4) is 0 Å². The molecule has 2 N–H and O–H groups in total. The summed E-state index contributed by atoms with van der Waals surface area (Å²) in [5.41, 5.74) is 0.866. The number of ether oxygens (including phenoxy) is 1. The Morgan fingerprint density at radius 1 is 1.20 bits per heavy atom. The van der Waals surface area contributed by atoms with Crippen LogP contribution < -0.4 is 19.7 Å². The van der Waals surface area contributed by atoms with E-state index in [1.54, 1.807) is 30.3 Å². The molecule has 0 fully saturated rings. The third kappa shape index (κ3) is 4.85. The quantitative estimate of drug-likeness (QED) is 0.727. The lowest BCUT2D eigenvalue weighted by molar-refractivity contribution is -0.122. The summed E-state index contributed by atoms with van der Waals surface area (Å²) in [6, 6.07) is 11.0. The Hall–Kier alpha value is -2.78. The molecular formula is C20H22ClN3O5S. The zero-order valence-electron chi connectivity index (χ0n) is 16.7. The number of anilines is 2. The maximum atomic E-state index is 12.9. The number of nitrogens with zero attached hydrogens (tertiary/aromatic N) is 1. The Bertz CT molecular complexity index is 1090. The van der Waals surface area contributed by atoms with Crippen molar-refractivity contribution in [2.24, 2.45) is 0 Å². The van der Waals surface area contributed by atoms with E-state index < -0.39 is 22.0 Å². The second-order valence-electron chi connectivity index (χ2n) is 7.18. The first kappa shape index (κ1) is 21.9. The van der Waals surface area contributed by atoms with Crippen molar-refractivity contribution in [1.82, 2.24) is 5.32 Å². The molecule has 10 heteroatoms. The zero-order valence-corrected chi connectivity index (χ0v) is 18.3. The highest BCUT2D eigenvalue weighted by Gasteiger charge is 2.35. The van der Waals surface area contributed by atoms with Crippen molar-refractivity contribution in [3.63, 3.8) is 0 Å². The van der Waals surface area contributed by atoms with Crippen LogP contribution >= 0.6 is 11.6 Å². The Labute approximate surface area is 180 Å². The Kier molecular flexibility index (Phi) is 6.23. The molecule has 0 unspecified atom stereocenters. The monoisotopic (exact) mass is 451 g/mol. The number of sulfonamides is 1. The van der Waals surface area contributed by atoms with Crippen molar-refractivity contribution in [3.8, 4) is 5.75 Å². The fraction of sp³-hybridized carbons (Fsp3) is 0.300. The lowest BCUT2D eigenvalue weighted by atomic mass is 10.1. The van der Waals surface area contributed by atoms with E-state index >= 15 is 0 Å². The van der Waals surface area contributed by atoms with Gasteiger partial charge in [0.05, 0.1) is 29.7 Å². The molecule has 1 atom stereocenters. The van der Waals surface area contributed by atoms with E-state index in [4.69, 9.17) is 16.3 Å². The van der Waals surface area contributed by atoms with Crippen molar-refractivity contribution in [3.05, 3.63) is 53.1 Å². The lowest BCUT2D eigenvalue weighted by Gasteiger charge is -2.34. The number of para-hydroxylation sites is 1. The minimum Gasteiger partial charge on any atom is -0.476 e. The summed E-state index contributed by atoms with van der Waals surface area (Å²) in [6.07, 6.45) is -0.0709. The average Bonchev–Trinajstić information content (AvgIpc) is 2.66. The van der Waals surface area contributed by atoms with Crippen LogP contribution in [0.1, 0.15) is 24.2 Å². The van der Waals surface area contributed by atoms with E-state index in [1.807, 2.05) is 13.8 Å². The largest absolute Gasteiger partial charge is 0.476 e. The van der Waals surface area contributed by atoms with Crippen LogP contribution in [0.5, 0.6) is 5.75 Å². The van der Waals surface area contributed by atoms with Crippen LogP contribution in [0, 0.1) is 0 Å². The first-order chi connectivity index (χ1) is 14.1. The highest BCUT2D eigenvalue weighted by atomic mass is 35.5. The summed E-state index contributed by atoms with van der Waals surface area (Å²) in [5.74, 6) is -0.681. The average molecular weight is 452 g/mol. The van der Waals surface area contributed by atoms with Crippen LogP contribution in [0.15, 0.2) is 42.5 Å². The van der Waals surface area contributed by atoms with Gasteiger partial charge in [0.25, 0.3) is 11.8 Å². The van der Waals surface area contributed by atoms with Gasteiger partial charge in [-0.2, -0.15) is 0 Å². The van der Waals surface area contributed by atoms with E-state index in [0.29, 0.717) is 16.3 Å². The molecule has 1 aliphatic rings. The number of nitrogens with one attached hydrogen (secondary N) is 2. The van der Waals surface area contributed by atoms with Crippen molar-refractivity contribution < 1.29 is 22.7 Å². The summed E-state index contributed by atoms with van der Waals surface area (Å²) in [7, 11) is -3.68. The molecule has 2 amide bonds. The molecule has 2 aromatic carbocycles. The third-order valence-electron chi connectivity index (χ3n) is 4.33. The number of hydrogen-bond donors (Lipinski definition) is 2. The number of halogens is 1. The third-order valence-corrected chi connectivity index (χ3v) is 5.71. The highest BCUT2D eigenvalue weighted by Crippen LogP contribution is 2.37. The predicted molar refractivity (Wildman–Crippen MR) is 116 cm³/mol. The van der Waals surface area contributed by atoms with Crippen LogP contribution in [-0.4, -0.2) is 45.2 Å². The first-order valence-corrected chi connectivity index (χ1v) is 11.4. The molecule has 3 rings (SSSR count). The van der Waals surface area contributed by atoms with Crippen LogP contribution in [0.4, 0.5) is 11.4 Å². The van der Waals surface area contributed by atoms with E-state index in [1.165, 1.54) is 12.1 Å². The number of fused-ring (bicyclic) bond motifs is 1. The summed E-state index contributed by atoms with van der Waals surface area (Å²) >= 11 is 5.99. The van der Waals surface area contributed by atoms with Gasteiger partial charge in [0, 0.05) is 11.1 Å². The van der Waals surface area contributed by atoms with Gasteiger partial charge in [-0.3, -0.25) is 13.9 Å². The molecule has 0 aromatic heterocycles. The number of carbonyl (C=O) groups is 2. The standard InChI is InChI=1S/C20H22ClN3O5S/c1-12(2)22-19(25)14-6-4-5-7-15(14)23-20(26)18-11-24(30(3,27)28)16-10-13(21)8-9-17(16)29-18/h4-10,12,18H,11H2,1-3H3,(H,22,25)(H,23,26)/t18-/m1/s1. The summed E-state index contributed by atoms with van der Waals surface area (Å²) in [4.78, 5) is 25.3. The van der Waals surface area contributed by atoms with Crippen molar-refractivity contribution in [1.29, 1.82) is 0 Å². The molecule has 0 bridgehead atoms. The smallest absolute Gasteiger partial charge is 0.267 e. The number of benzene rings is 2. The molecule has 30 heavy (non-hydrogen) atoms. The normalized spacial score (nSPS) is 15.9. The van der Waals surface area contributed by atoms with Gasteiger partial charge in [-0.1, -0.05) is 23.7 Å². The van der Waals surface area contributed by atoms with Crippen molar-refractivity contribution in [2.45, 2.75) is 26.0 Å². The highest BCUT2D eigenvalue weighted by molar-refractivity contribution is 7.92. The van der Waals surface area contributed by atoms with E-state index in [2.05, 4.69) is 10.6 Å².